The van der Waals surface area contributed by atoms with Crippen LogP contribution in [0.4, 0.5) is 5.69 Å². The first-order chi connectivity index (χ1) is 13.7. The summed E-state index contributed by atoms with van der Waals surface area (Å²) in [5.41, 5.74) is -0.169. The molecule has 1 aromatic carbocycles. The molecule has 0 unspecified atom stereocenters. The average molecular weight is 405 g/mol. The Hall–Kier alpha value is -2.97. The minimum Gasteiger partial charge on any atom is -0.451 e. The summed E-state index contributed by atoms with van der Waals surface area (Å²) in [5.74, 6) is -1.67. The maximum absolute atomic E-state index is 12.5. The van der Waals surface area contributed by atoms with Crippen LogP contribution in [0.2, 0.25) is 0 Å². The van der Waals surface area contributed by atoms with Crippen LogP contribution in [0, 0.1) is 10.1 Å². The molecule has 0 aliphatic heterocycles. The summed E-state index contributed by atoms with van der Waals surface area (Å²) in [6.45, 7) is 2.94. The number of rotatable bonds is 7. The van der Waals surface area contributed by atoms with Crippen LogP contribution in [-0.2, 0) is 14.3 Å². The van der Waals surface area contributed by atoms with Gasteiger partial charge in [-0.05, 0) is 32.8 Å². The first-order valence-corrected chi connectivity index (χ1v) is 9.73. The van der Waals surface area contributed by atoms with Crippen LogP contribution in [0.15, 0.2) is 24.3 Å². The molecule has 0 heterocycles. The standard InChI is InChI=1S/C20H27N3O6/c1-13(21-18(24)15-8-7-11-17(12-15)23(27)28)20(26)29-14(2)19(25)22(3)16-9-5-4-6-10-16/h7-8,11-14,16H,4-6,9-10H2,1-3H3,(H,21,24)/t13-,14+/m1/s1. The number of carbonyl (C=O) groups is 3. The molecule has 0 spiro atoms. The Morgan fingerprint density at radius 1 is 1.21 bits per heavy atom. The Kier molecular flexibility index (Phi) is 7.69. The molecule has 1 fully saturated rings. The number of ether oxygens (including phenoxy) is 1. The van der Waals surface area contributed by atoms with Crippen LogP contribution in [0.3, 0.4) is 0 Å². The summed E-state index contributed by atoms with van der Waals surface area (Å²) >= 11 is 0. The number of non-ortho nitro benzene ring substituents is 1. The zero-order chi connectivity index (χ0) is 21.6. The van der Waals surface area contributed by atoms with E-state index < -0.39 is 28.9 Å². The van der Waals surface area contributed by atoms with Crippen molar-refractivity contribution in [2.24, 2.45) is 0 Å². The van der Waals surface area contributed by atoms with E-state index in [-0.39, 0.29) is 23.2 Å². The van der Waals surface area contributed by atoms with Gasteiger partial charge in [0.1, 0.15) is 6.04 Å². The van der Waals surface area contributed by atoms with Gasteiger partial charge in [-0.15, -0.1) is 0 Å². The minimum atomic E-state index is -1.02. The molecule has 2 rings (SSSR count). The lowest BCUT2D eigenvalue weighted by Crippen LogP contribution is -2.46. The van der Waals surface area contributed by atoms with Crippen LogP contribution < -0.4 is 5.32 Å². The molecule has 9 nitrogen and oxygen atoms in total. The van der Waals surface area contributed by atoms with E-state index in [0.29, 0.717) is 0 Å². The van der Waals surface area contributed by atoms with Gasteiger partial charge < -0.3 is 15.0 Å². The molecular weight excluding hydrogens is 378 g/mol. The van der Waals surface area contributed by atoms with Gasteiger partial charge in [-0.25, -0.2) is 4.79 Å². The van der Waals surface area contributed by atoms with Crippen molar-refractivity contribution in [1.29, 1.82) is 0 Å². The molecule has 1 aliphatic rings. The molecule has 0 saturated heterocycles. The quantitative estimate of drug-likeness (QED) is 0.423. The fraction of sp³-hybridized carbons (Fsp3) is 0.550. The van der Waals surface area contributed by atoms with Gasteiger partial charge in [-0.2, -0.15) is 0 Å². The highest BCUT2D eigenvalue weighted by molar-refractivity contribution is 5.97. The molecule has 29 heavy (non-hydrogen) atoms. The maximum atomic E-state index is 12.5. The van der Waals surface area contributed by atoms with Gasteiger partial charge in [0.05, 0.1) is 4.92 Å². The van der Waals surface area contributed by atoms with Crippen LogP contribution in [0.1, 0.15) is 56.3 Å². The Bertz CT molecular complexity index is 775. The van der Waals surface area contributed by atoms with Crippen LogP contribution in [0.25, 0.3) is 0 Å². The molecule has 0 bridgehead atoms. The fourth-order valence-corrected chi connectivity index (χ4v) is 3.36. The zero-order valence-corrected chi connectivity index (χ0v) is 16.9. The Morgan fingerprint density at radius 2 is 1.86 bits per heavy atom. The molecule has 2 atom stereocenters. The summed E-state index contributed by atoms with van der Waals surface area (Å²) in [5, 5.41) is 13.3. The molecule has 1 saturated carbocycles. The van der Waals surface area contributed by atoms with E-state index in [1.807, 2.05) is 0 Å². The number of nitro benzene ring substituents is 1. The van der Waals surface area contributed by atoms with E-state index in [9.17, 15) is 24.5 Å². The van der Waals surface area contributed by atoms with E-state index in [1.54, 1.807) is 11.9 Å². The number of carbonyl (C=O) groups excluding carboxylic acids is 3. The Balaban J connectivity index is 1.90. The topological polar surface area (TPSA) is 119 Å². The monoisotopic (exact) mass is 405 g/mol. The normalized spacial score (nSPS) is 16.4. The van der Waals surface area contributed by atoms with E-state index in [2.05, 4.69) is 5.32 Å². The van der Waals surface area contributed by atoms with Crippen molar-refractivity contribution in [3.8, 4) is 0 Å². The van der Waals surface area contributed by atoms with Gasteiger partial charge >= 0.3 is 5.97 Å². The Morgan fingerprint density at radius 3 is 2.48 bits per heavy atom. The lowest BCUT2D eigenvalue weighted by Gasteiger charge is -2.32. The van der Waals surface area contributed by atoms with Gasteiger partial charge in [-0.1, -0.05) is 25.3 Å². The zero-order valence-electron chi connectivity index (χ0n) is 16.9. The van der Waals surface area contributed by atoms with Gasteiger partial charge in [0.15, 0.2) is 6.10 Å². The molecule has 2 amide bonds. The van der Waals surface area contributed by atoms with Gasteiger partial charge in [0.2, 0.25) is 0 Å². The van der Waals surface area contributed by atoms with Crippen molar-refractivity contribution < 1.29 is 24.0 Å². The van der Waals surface area contributed by atoms with Crippen LogP contribution in [-0.4, -0.2) is 52.8 Å². The average Bonchev–Trinajstić information content (AvgIpc) is 2.73. The summed E-state index contributed by atoms with van der Waals surface area (Å²) in [7, 11) is 1.72. The predicted octanol–water partition coefficient (Wildman–Crippen LogP) is 2.44. The smallest absolute Gasteiger partial charge is 0.329 e. The summed E-state index contributed by atoms with van der Waals surface area (Å²) in [4.78, 5) is 48.9. The molecule has 1 aromatic rings. The molecule has 1 N–H and O–H groups in total. The fourth-order valence-electron chi connectivity index (χ4n) is 3.36. The lowest BCUT2D eigenvalue weighted by molar-refractivity contribution is -0.384. The molecule has 0 aromatic heterocycles. The molecule has 9 heteroatoms. The number of esters is 1. The van der Waals surface area contributed by atoms with Crippen molar-refractivity contribution in [3.63, 3.8) is 0 Å². The van der Waals surface area contributed by atoms with E-state index in [1.165, 1.54) is 38.5 Å². The minimum absolute atomic E-state index is 0.0556. The van der Waals surface area contributed by atoms with Crippen molar-refractivity contribution in [2.45, 2.75) is 64.1 Å². The third-order valence-electron chi connectivity index (χ3n) is 5.13. The largest absolute Gasteiger partial charge is 0.451 e. The summed E-state index contributed by atoms with van der Waals surface area (Å²) in [6, 6.07) is 4.33. The van der Waals surface area contributed by atoms with Crippen LogP contribution in [0.5, 0.6) is 0 Å². The molecule has 158 valence electrons. The number of benzene rings is 1. The molecule has 1 aliphatic carbocycles. The lowest BCUT2D eigenvalue weighted by atomic mass is 9.94. The molecular formula is C20H27N3O6. The first-order valence-electron chi connectivity index (χ1n) is 9.73. The van der Waals surface area contributed by atoms with E-state index >= 15 is 0 Å². The first kappa shape index (κ1) is 22.3. The van der Waals surface area contributed by atoms with Crippen molar-refractivity contribution in [3.05, 3.63) is 39.9 Å². The highest BCUT2D eigenvalue weighted by atomic mass is 16.6. The highest BCUT2D eigenvalue weighted by Gasteiger charge is 2.29. The SMILES string of the molecule is C[C@H](OC(=O)[C@@H](C)NC(=O)c1cccc([N+](=O)[O-])c1)C(=O)N(C)C1CCCCC1. The van der Waals surface area contributed by atoms with Gasteiger partial charge in [0.25, 0.3) is 17.5 Å². The second kappa shape index (κ2) is 9.99. The second-order valence-corrected chi connectivity index (χ2v) is 7.32. The third kappa shape index (κ3) is 6.00. The maximum Gasteiger partial charge on any atom is 0.329 e. The van der Waals surface area contributed by atoms with Crippen LogP contribution >= 0.6 is 0 Å². The molecule has 0 radical (unpaired) electrons. The number of likely N-dealkylation sites (N-methyl/N-ethyl adjacent to an activating group) is 1. The predicted molar refractivity (Wildman–Crippen MR) is 105 cm³/mol. The summed E-state index contributed by atoms with van der Waals surface area (Å²) < 4.78 is 5.23. The van der Waals surface area contributed by atoms with Gasteiger partial charge in [0, 0.05) is 30.8 Å². The second-order valence-electron chi connectivity index (χ2n) is 7.32. The highest BCUT2D eigenvalue weighted by Crippen LogP contribution is 2.22. The Labute approximate surface area is 169 Å². The van der Waals surface area contributed by atoms with Crippen molar-refractivity contribution in [1.82, 2.24) is 10.2 Å². The van der Waals surface area contributed by atoms with Crippen molar-refractivity contribution >= 4 is 23.5 Å². The number of nitrogens with zero attached hydrogens (tertiary/aromatic N) is 2. The third-order valence-corrected chi connectivity index (χ3v) is 5.13. The number of nitrogens with one attached hydrogen (secondary N) is 1. The van der Waals surface area contributed by atoms with Gasteiger partial charge in [-0.3, -0.25) is 19.7 Å². The van der Waals surface area contributed by atoms with Crippen molar-refractivity contribution in [2.75, 3.05) is 7.05 Å². The number of hydrogen-bond acceptors (Lipinski definition) is 6. The number of amides is 2. The van der Waals surface area contributed by atoms with E-state index in [0.717, 1.165) is 31.7 Å². The van der Waals surface area contributed by atoms with E-state index in [4.69, 9.17) is 4.74 Å². The number of hydrogen-bond donors (Lipinski definition) is 1. The number of nitro groups is 1. The summed E-state index contributed by atoms with van der Waals surface area (Å²) in [6.07, 6.45) is 4.25.